The molecule has 4 heterocycles. The number of nitrogens with one attached hydrogen (secondary N) is 1. The molecule has 0 aliphatic carbocycles. The fourth-order valence-electron chi connectivity index (χ4n) is 7.84. The summed E-state index contributed by atoms with van der Waals surface area (Å²) in [5.74, 6) is 1.38. The minimum absolute atomic E-state index is 0.00970. The number of carbonyl (C=O) groups excluding carboxylic acids is 4. The average molecular weight is 920 g/mol. The number of piperidine rings is 2. The van der Waals surface area contributed by atoms with Crippen molar-refractivity contribution < 1.29 is 46.6 Å². The largest absolute Gasteiger partial charge is 0.485 e. The molecule has 0 aromatic heterocycles. The molecule has 2 unspecified atom stereocenters. The van der Waals surface area contributed by atoms with Crippen molar-refractivity contribution in [1.82, 2.24) is 10.2 Å². The molecule has 4 aliphatic heterocycles. The zero-order chi connectivity index (χ0) is 46.7. The standard InChI is InChI=1S/C25H26N2O4.C20H18N2O2.C2HF3O.CH2Cl2/c1-24(2,3)31-23(29)27-12-6-11-25(16-27)15-21(28)20-14-18(9-10-22(20)30-25)17-7-5-8-19(13-17)26-4;1-21-16-5-2-4-14(10-16)15-6-7-19-17(11-15)18(23)12-20(24-19)8-3-9-22-13-20;3-2(4,5)1-6;2-1-3/h5,7-10,13-14H,6,11-12,15-16H2,1-3H3;2,4-7,10-11,22H,3,8-9,12-13H2;1H;1H2. The SMILES string of the molecule is ClCCl.O=CC(F)(F)F.[C-]#[N+]c1cccc(-c2ccc3c(c2)C(=O)CC2(CCCN(C(=O)OC(C)(C)C)C2)O3)c1.[C-]#[N+]c1cccc(-c2ccc3c(c2)C(=O)CC2(CCCNC2)O3)c1. The van der Waals surface area contributed by atoms with Crippen molar-refractivity contribution in [3.8, 4) is 33.8 Å². The molecule has 0 bridgehead atoms. The van der Waals surface area contributed by atoms with Gasteiger partial charge in [0.1, 0.15) is 28.3 Å². The van der Waals surface area contributed by atoms with Gasteiger partial charge in [-0.05, 0) is 112 Å². The van der Waals surface area contributed by atoms with Crippen LogP contribution >= 0.6 is 23.2 Å². The van der Waals surface area contributed by atoms with Gasteiger partial charge < -0.3 is 24.4 Å². The number of carbonyl (C=O) groups is 4. The lowest BCUT2D eigenvalue weighted by atomic mass is 9.83. The lowest BCUT2D eigenvalue weighted by molar-refractivity contribution is -0.156. The summed E-state index contributed by atoms with van der Waals surface area (Å²) < 4.78 is 49.4. The van der Waals surface area contributed by atoms with E-state index < -0.39 is 23.7 Å². The summed E-state index contributed by atoms with van der Waals surface area (Å²) in [5.41, 5.74) is 4.32. The van der Waals surface area contributed by atoms with Gasteiger partial charge in [0, 0.05) is 13.1 Å². The zero-order valence-electron chi connectivity index (χ0n) is 35.5. The Hall–Kier alpha value is -5.93. The molecular formula is C48H47Cl2F3N4O7. The Morgan fingerprint density at radius 1 is 0.797 bits per heavy atom. The van der Waals surface area contributed by atoms with E-state index in [1.165, 1.54) is 0 Å². The van der Waals surface area contributed by atoms with E-state index in [4.69, 9.17) is 55.4 Å². The number of hydrogen-bond donors (Lipinski definition) is 1. The number of alkyl halides is 5. The maximum atomic E-state index is 13.1. The topological polar surface area (TPSA) is 120 Å². The van der Waals surface area contributed by atoms with Gasteiger partial charge in [0.25, 0.3) is 0 Å². The summed E-state index contributed by atoms with van der Waals surface area (Å²) in [4.78, 5) is 55.7. The van der Waals surface area contributed by atoms with Crippen LogP contribution in [0.25, 0.3) is 31.9 Å². The third-order valence-corrected chi connectivity index (χ3v) is 10.6. The molecule has 16 heteroatoms. The zero-order valence-corrected chi connectivity index (χ0v) is 37.0. The van der Waals surface area contributed by atoms with E-state index in [1.807, 2.05) is 93.6 Å². The normalized spacial score (nSPS) is 19.8. The number of aldehydes is 1. The third-order valence-electron chi connectivity index (χ3n) is 10.6. The smallest absolute Gasteiger partial charge is 0.446 e. The molecule has 11 nitrogen and oxygen atoms in total. The van der Waals surface area contributed by atoms with Crippen LogP contribution in [0.3, 0.4) is 0 Å². The maximum absolute atomic E-state index is 13.1. The third kappa shape index (κ3) is 13.1. The number of hydrogen-bond acceptors (Lipinski definition) is 8. The van der Waals surface area contributed by atoms with Crippen LogP contribution < -0.4 is 14.8 Å². The highest BCUT2D eigenvalue weighted by atomic mass is 35.5. The molecule has 4 aliphatic rings. The van der Waals surface area contributed by atoms with E-state index in [0.717, 1.165) is 54.6 Å². The molecular weight excluding hydrogens is 872 g/mol. The first-order valence-corrected chi connectivity index (χ1v) is 21.4. The van der Waals surface area contributed by atoms with Crippen molar-refractivity contribution in [2.24, 2.45) is 0 Å². The van der Waals surface area contributed by atoms with E-state index in [2.05, 4.69) is 15.0 Å². The first-order valence-electron chi connectivity index (χ1n) is 20.4. The summed E-state index contributed by atoms with van der Waals surface area (Å²) in [6, 6.07) is 26.1. The Kier molecular flexibility index (Phi) is 16.2. The van der Waals surface area contributed by atoms with Crippen molar-refractivity contribution in [1.29, 1.82) is 0 Å². The van der Waals surface area contributed by atoms with Crippen LogP contribution in [0.4, 0.5) is 29.3 Å². The monoisotopic (exact) mass is 918 g/mol. The summed E-state index contributed by atoms with van der Waals surface area (Å²) in [6.45, 7) is 22.5. The minimum atomic E-state index is -4.64. The number of ether oxygens (including phenoxy) is 3. The van der Waals surface area contributed by atoms with Crippen molar-refractivity contribution in [2.75, 3.05) is 31.5 Å². The van der Waals surface area contributed by atoms with E-state index in [9.17, 15) is 27.6 Å². The number of likely N-dealkylation sites (tertiary alicyclic amines) is 1. The molecule has 4 aromatic rings. The minimum Gasteiger partial charge on any atom is -0.485 e. The van der Waals surface area contributed by atoms with Crippen LogP contribution in [0, 0.1) is 13.1 Å². The second-order valence-electron chi connectivity index (χ2n) is 16.6. The molecule has 1 N–H and O–H groups in total. The van der Waals surface area contributed by atoms with Crippen LogP contribution in [-0.2, 0) is 9.53 Å². The van der Waals surface area contributed by atoms with Gasteiger partial charge in [0.05, 0.1) is 49.0 Å². The first-order chi connectivity index (χ1) is 30.3. The van der Waals surface area contributed by atoms with Gasteiger partial charge in [0.15, 0.2) is 22.9 Å². The molecule has 0 saturated carbocycles. The fraction of sp³-hybridized carbons (Fsp3) is 0.375. The van der Waals surface area contributed by atoms with Crippen molar-refractivity contribution in [3.63, 3.8) is 0 Å². The molecule has 2 fully saturated rings. The highest BCUT2D eigenvalue weighted by molar-refractivity contribution is 6.40. The van der Waals surface area contributed by atoms with Crippen molar-refractivity contribution in [3.05, 3.63) is 119 Å². The van der Waals surface area contributed by atoms with Crippen molar-refractivity contribution >= 4 is 58.5 Å². The van der Waals surface area contributed by atoms with Gasteiger partial charge in [0.2, 0.25) is 6.29 Å². The number of Topliss-reactive ketones (excluding diaryl/α,β-unsaturated/α-hetero) is 2. The Morgan fingerprint density at radius 2 is 1.27 bits per heavy atom. The molecule has 4 aromatic carbocycles. The molecule has 1 amide bonds. The van der Waals surface area contributed by atoms with Crippen LogP contribution in [0.1, 0.15) is 80.0 Å². The van der Waals surface area contributed by atoms with Gasteiger partial charge >= 0.3 is 12.3 Å². The number of ketones is 2. The number of benzene rings is 4. The van der Waals surface area contributed by atoms with Crippen LogP contribution in [0.15, 0.2) is 84.9 Å². The maximum Gasteiger partial charge on any atom is 0.446 e. The Morgan fingerprint density at radius 3 is 1.72 bits per heavy atom. The van der Waals surface area contributed by atoms with E-state index in [-0.39, 0.29) is 35.0 Å². The second kappa shape index (κ2) is 21.2. The lowest BCUT2D eigenvalue weighted by Gasteiger charge is -2.44. The Bertz CT molecular complexity index is 2440. The Balaban J connectivity index is 0.000000207. The lowest BCUT2D eigenvalue weighted by Crippen LogP contribution is -2.56. The number of fused-ring (bicyclic) bond motifs is 2. The molecule has 2 spiro atoms. The predicted molar refractivity (Wildman–Crippen MR) is 239 cm³/mol. The van der Waals surface area contributed by atoms with Gasteiger partial charge in [-0.1, -0.05) is 48.5 Å². The summed E-state index contributed by atoms with van der Waals surface area (Å²) in [6.07, 6.45) is -2.00. The summed E-state index contributed by atoms with van der Waals surface area (Å²) in [5, 5.41) is 3.54. The van der Waals surface area contributed by atoms with Gasteiger partial charge in [-0.25, -0.2) is 14.5 Å². The molecule has 0 radical (unpaired) electrons. The number of halogens is 5. The van der Waals surface area contributed by atoms with Crippen LogP contribution in [0.2, 0.25) is 0 Å². The van der Waals surface area contributed by atoms with E-state index in [0.29, 0.717) is 59.9 Å². The van der Waals surface area contributed by atoms with Gasteiger partial charge in [-0.3, -0.25) is 14.4 Å². The van der Waals surface area contributed by atoms with Crippen molar-refractivity contribution in [2.45, 2.75) is 82.3 Å². The number of nitrogens with zero attached hydrogens (tertiary/aromatic N) is 3. The molecule has 2 atom stereocenters. The molecule has 336 valence electrons. The fourth-order valence-corrected chi connectivity index (χ4v) is 7.84. The summed E-state index contributed by atoms with van der Waals surface area (Å²) >= 11 is 9.53. The first kappa shape index (κ1) is 49.1. The summed E-state index contributed by atoms with van der Waals surface area (Å²) in [7, 11) is 0. The second-order valence-corrected chi connectivity index (χ2v) is 17.4. The average Bonchev–Trinajstić information content (AvgIpc) is 3.26. The van der Waals surface area contributed by atoms with Gasteiger partial charge in [-0.2, -0.15) is 13.2 Å². The van der Waals surface area contributed by atoms with E-state index >= 15 is 0 Å². The molecule has 2 saturated heterocycles. The van der Waals surface area contributed by atoms with Gasteiger partial charge in [-0.15, -0.1) is 23.2 Å². The predicted octanol–water partition coefficient (Wildman–Crippen LogP) is 11.8. The molecule has 8 rings (SSSR count). The van der Waals surface area contributed by atoms with Crippen LogP contribution in [0.5, 0.6) is 11.5 Å². The molecule has 64 heavy (non-hydrogen) atoms. The van der Waals surface area contributed by atoms with Crippen LogP contribution in [-0.4, -0.2) is 83.3 Å². The highest BCUT2D eigenvalue weighted by Crippen LogP contribution is 2.42. The quantitative estimate of drug-likeness (QED) is 0.120. The number of rotatable bonds is 2. The van der Waals surface area contributed by atoms with E-state index in [1.54, 1.807) is 17.0 Å². The number of amides is 1. The Labute approximate surface area is 380 Å². The highest BCUT2D eigenvalue weighted by Gasteiger charge is 2.46.